The number of nitrogens with zero attached hydrogens (tertiary/aromatic N) is 2. The molecule has 3 aliphatic rings. The van der Waals surface area contributed by atoms with Gasteiger partial charge in [-0.3, -0.25) is 19.7 Å². The van der Waals surface area contributed by atoms with E-state index < -0.39 is 17.5 Å². The van der Waals surface area contributed by atoms with Gasteiger partial charge in [-0.15, -0.1) is 0 Å². The summed E-state index contributed by atoms with van der Waals surface area (Å²) in [6, 6.07) is 6.87. The maximum atomic E-state index is 12.9. The number of piperidine rings is 1. The summed E-state index contributed by atoms with van der Waals surface area (Å²) >= 11 is 6.18. The summed E-state index contributed by atoms with van der Waals surface area (Å²) in [6.07, 6.45) is 0.933. The molecule has 28 heavy (non-hydrogen) atoms. The van der Waals surface area contributed by atoms with Crippen LogP contribution in [0.25, 0.3) is 0 Å². The molecule has 9 heteroatoms. The molecule has 0 saturated carbocycles. The van der Waals surface area contributed by atoms with Crippen LogP contribution >= 0.6 is 11.6 Å². The van der Waals surface area contributed by atoms with E-state index in [1.165, 1.54) is 0 Å². The van der Waals surface area contributed by atoms with Crippen molar-refractivity contribution in [2.75, 3.05) is 19.6 Å². The highest BCUT2D eigenvalue weighted by Gasteiger charge is 2.49. The van der Waals surface area contributed by atoms with Crippen molar-refractivity contribution >= 4 is 35.4 Å². The van der Waals surface area contributed by atoms with Crippen LogP contribution in [0.2, 0.25) is 5.02 Å². The van der Waals surface area contributed by atoms with E-state index in [2.05, 4.69) is 10.6 Å². The number of carbonyl (C=O) groups is 4. The lowest BCUT2D eigenvalue weighted by atomic mass is 9.87. The Labute approximate surface area is 167 Å². The van der Waals surface area contributed by atoms with Gasteiger partial charge in [-0.2, -0.15) is 0 Å². The van der Waals surface area contributed by atoms with E-state index in [0.29, 0.717) is 44.0 Å². The number of hydrogen-bond acceptors (Lipinski definition) is 4. The number of amides is 5. The smallest absolute Gasteiger partial charge is 0.322 e. The molecule has 3 heterocycles. The normalized spacial score (nSPS) is 23.9. The zero-order valence-corrected chi connectivity index (χ0v) is 16.0. The second-order valence-corrected chi connectivity index (χ2v) is 7.99. The van der Waals surface area contributed by atoms with Crippen molar-refractivity contribution in [3.8, 4) is 0 Å². The Kier molecular flexibility index (Phi) is 4.74. The van der Waals surface area contributed by atoms with Crippen molar-refractivity contribution in [3.05, 3.63) is 34.9 Å². The number of rotatable bonds is 3. The van der Waals surface area contributed by atoms with E-state index >= 15 is 0 Å². The van der Waals surface area contributed by atoms with Crippen molar-refractivity contribution < 1.29 is 19.2 Å². The molecule has 3 aliphatic heterocycles. The van der Waals surface area contributed by atoms with Gasteiger partial charge in [0.15, 0.2) is 0 Å². The predicted molar refractivity (Wildman–Crippen MR) is 100 cm³/mol. The first-order valence-electron chi connectivity index (χ1n) is 9.31. The number of benzene rings is 1. The fraction of sp³-hybridized carbons (Fsp3) is 0.474. The number of imide groups is 1. The maximum Gasteiger partial charge on any atom is 0.322 e. The summed E-state index contributed by atoms with van der Waals surface area (Å²) < 4.78 is 0. The number of likely N-dealkylation sites (tertiary alicyclic amines) is 2. The molecule has 1 spiro atoms. The van der Waals surface area contributed by atoms with Crippen LogP contribution in [0.4, 0.5) is 4.79 Å². The fourth-order valence-electron chi connectivity index (χ4n) is 4.17. The molecule has 8 nitrogen and oxygen atoms in total. The molecule has 148 valence electrons. The standard InChI is InChI=1S/C19H21ClN4O4/c20-14-4-2-1-3-12(14)10-24-11-13(9-15(24)25)16(26)23-7-5-19(6-8-23)17(27)21-18(28)22-19/h1-4,13H,5-11H2,(H2,21,22,27,28)/t13-/m1/s1. The summed E-state index contributed by atoms with van der Waals surface area (Å²) in [5.74, 6) is -0.855. The topological polar surface area (TPSA) is 98.8 Å². The van der Waals surface area contributed by atoms with Gasteiger partial charge < -0.3 is 15.1 Å². The summed E-state index contributed by atoms with van der Waals surface area (Å²) in [5.41, 5.74) is -0.0522. The van der Waals surface area contributed by atoms with Crippen molar-refractivity contribution in [3.63, 3.8) is 0 Å². The van der Waals surface area contributed by atoms with Gasteiger partial charge in [0.1, 0.15) is 5.54 Å². The van der Waals surface area contributed by atoms with Crippen LogP contribution in [0.5, 0.6) is 0 Å². The van der Waals surface area contributed by atoms with Crippen molar-refractivity contribution in [2.24, 2.45) is 5.92 Å². The molecule has 0 aliphatic carbocycles. The van der Waals surface area contributed by atoms with Gasteiger partial charge in [0.05, 0.1) is 5.92 Å². The Morgan fingerprint density at radius 1 is 1.18 bits per heavy atom. The molecular weight excluding hydrogens is 384 g/mol. The lowest BCUT2D eigenvalue weighted by Gasteiger charge is -2.37. The number of hydrogen-bond donors (Lipinski definition) is 2. The van der Waals surface area contributed by atoms with Crippen LogP contribution in [0.15, 0.2) is 24.3 Å². The molecule has 0 aromatic heterocycles. The average Bonchev–Trinajstić information content (AvgIpc) is 3.16. The molecule has 1 aromatic rings. The summed E-state index contributed by atoms with van der Waals surface area (Å²) in [4.78, 5) is 52.1. The van der Waals surface area contributed by atoms with Gasteiger partial charge in [-0.1, -0.05) is 29.8 Å². The van der Waals surface area contributed by atoms with E-state index in [1.807, 2.05) is 18.2 Å². The van der Waals surface area contributed by atoms with Crippen LogP contribution in [-0.4, -0.2) is 58.7 Å². The van der Waals surface area contributed by atoms with Crippen LogP contribution < -0.4 is 10.6 Å². The molecule has 1 atom stereocenters. The first-order chi connectivity index (χ1) is 13.4. The Hall–Kier alpha value is -2.61. The van der Waals surface area contributed by atoms with E-state index in [-0.39, 0.29) is 24.1 Å². The van der Waals surface area contributed by atoms with Gasteiger partial charge in [-0.25, -0.2) is 4.79 Å². The zero-order valence-electron chi connectivity index (χ0n) is 15.2. The minimum atomic E-state index is -0.907. The average molecular weight is 405 g/mol. The third kappa shape index (κ3) is 3.32. The monoisotopic (exact) mass is 404 g/mol. The molecule has 5 amide bonds. The highest BCUT2D eigenvalue weighted by atomic mass is 35.5. The van der Waals surface area contributed by atoms with Gasteiger partial charge in [0.25, 0.3) is 5.91 Å². The Morgan fingerprint density at radius 2 is 1.89 bits per heavy atom. The quantitative estimate of drug-likeness (QED) is 0.731. The van der Waals surface area contributed by atoms with Gasteiger partial charge in [0, 0.05) is 37.6 Å². The largest absolute Gasteiger partial charge is 0.342 e. The Balaban J connectivity index is 1.36. The second-order valence-electron chi connectivity index (χ2n) is 7.58. The first kappa shape index (κ1) is 18.7. The number of carbonyl (C=O) groups excluding carboxylic acids is 4. The molecule has 4 rings (SSSR count). The molecule has 2 N–H and O–H groups in total. The predicted octanol–water partition coefficient (Wildman–Crippen LogP) is 0.889. The highest BCUT2D eigenvalue weighted by molar-refractivity contribution is 6.31. The van der Waals surface area contributed by atoms with Crippen molar-refractivity contribution in [1.82, 2.24) is 20.4 Å². The van der Waals surface area contributed by atoms with E-state index in [1.54, 1.807) is 15.9 Å². The zero-order chi connectivity index (χ0) is 19.9. The first-order valence-corrected chi connectivity index (χ1v) is 9.69. The van der Waals surface area contributed by atoms with Crippen LogP contribution in [0.3, 0.4) is 0 Å². The van der Waals surface area contributed by atoms with Gasteiger partial charge in [-0.05, 0) is 24.5 Å². The third-order valence-corrected chi connectivity index (χ3v) is 6.19. The Morgan fingerprint density at radius 3 is 2.54 bits per heavy atom. The Bertz CT molecular complexity index is 850. The van der Waals surface area contributed by atoms with E-state index in [0.717, 1.165) is 5.56 Å². The molecule has 3 saturated heterocycles. The third-order valence-electron chi connectivity index (χ3n) is 5.83. The van der Waals surface area contributed by atoms with Crippen LogP contribution in [0.1, 0.15) is 24.8 Å². The number of halogens is 1. The molecule has 0 bridgehead atoms. The lowest BCUT2D eigenvalue weighted by Crippen LogP contribution is -2.56. The number of urea groups is 1. The maximum absolute atomic E-state index is 12.9. The minimum Gasteiger partial charge on any atom is -0.342 e. The van der Waals surface area contributed by atoms with Crippen LogP contribution in [-0.2, 0) is 20.9 Å². The van der Waals surface area contributed by atoms with Crippen molar-refractivity contribution in [1.29, 1.82) is 0 Å². The van der Waals surface area contributed by atoms with E-state index in [9.17, 15) is 19.2 Å². The summed E-state index contributed by atoms with van der Waals surface area (Å²) in [5, 5.41) is 5.54. The fourth-order valence-corrected chi connectivity index (χ4v) is 4.37. The van der Waals surface area contributed by atoms with Crippen LogP contribution in [0, 0.1) is 5.92 Å². The highest BCUT2D eigenvalue weighted by Crippen LogP contribution is 2.29. The SMILES string of the molecule is O=C1NC(=O)C2(CCN(C(=O)[C@@H]3CC(=O)N(Cc4ccccc4Cl)C3)CC2)N1. The lowest BCUT2D eigenvalue weighted by molar-refractivity contribution is -0.139. The minimum absolute atomic E-state index is 0.0609. The molecule has 1 aromatic carbocycles. The van der Waals surface area contributed by atoms with Crippen molar-refractivity contribution in [2.45, 2.75) is 31.3 Å². The number of nitrogens with one attached hydrogen (secondary N) is 2. The molecule has 0 radical (unpaired) electrons. The van der Waals surface area contributed by atoms with Gasteiger partial charge >= 0.3 is 6.03 Å². The summed E-state index contributed by atoms with van der Waals surface area (Å²) in [6.45, 7) is 1.50. The molecule has 0 unspecified atom stereocenters. The molecular formula is C19H21ClN4O4. The van der Waals surface area contributed by atoms with Gasteiger partial charge in [0.2, 0.25) is 11.8 Å². The second kappa shape index (κ2) is 7.09. The van der Waals surface area contributed by atoms with E-state index in [4.69, 9.17) is 11.6 Å². The summed E-state index contributed by atoms with van der Waals surface area (Å²) in [7, 11) is 0. The molecule has 3 fully saturated rings.